The second-order valence-electron chi connectivity index (χ2n) is 7.40. The molecule has 0 saturated heterocycles. The smallest absolute Gasteiger partial charge is 0.308 e. The van der Waals surface area contributed by atoms with E-state index in [2.05, 4.69) is 0 Å². The van der Waals surface area contributed by atoms with Crippen molar-refractivity contribution in [2.24, 2.45) is 0 Å². The molecule has 0 unspecified atom stereocenters. The van der Waals surface area contributed by atoms with Crippen LogP contribution in [0.1, 0.15) is 39.1 Å². The molecule has 0 bridgehead atoms. The third-order valence-electron chi connectivity index (χ3n) is 5.48. The predicted octanol–water partition coefficient (Wildman–Crippen LogP) is 2.53. The van der Waals surface area contributed by atoms with Crippen LogP contribution in [0.5, 0.6) is 0 Å². The standard InChI is InChI=1S/C24H22N2O5/c27-21(25-13-10-18(11-14-25)17-6-2-1-3-7-17)16-31-22(28)12-15-26-23(29)19-8-4-5-9-20(19)24(26)30/h1-10H,11-16H2. The summed E-state index contributed by atoms with van der Waals surface area (Å²) in [7, 11) is 0. The number of amides is 3. The molecular formula is C24H22N2O5. The number of ether oxygens (including phenoxy) is 1. The van der Waals surface area contributed by atoms with Crippen LogP contribution in [-0.2, 0) is 14.3 Å². The van der Waals surface area contributed by atoms with E-state index in [1.165, 1.54) is 5.57 Å². The van der Waals surface area contributed by atoms with Gasteiger partial charge in [-0.25, -0.2) is 0 Å². The summed E-state index contributed by atoms with van der Waals surface area (Å²) in [6.45, 7) is 0.601. The van der Waals surface area contributed by atoms with Crippen molar-refractivity contribution in [2.75, 3.05) is 26.2 Å². The van der Waals surface area contributed by atoms with Crippen molar-refractivity contribution in [1.82, 2.24) is 9.80 Å². The van der Waals surface area contributed by atoms with Crippen molar-refractivity contribution >= 4 is 29.3 Å². The molecule has 2 aliphatic heterocycles. The highest BCUT2D eigenvalue weighted by Gasteiger charge is 2.35. The van der Waals surface area contributed by atoms with E-state index in [1.807, 2.05) is 36.4 Å². The van der Waals surface area contributed by atoms with E-state index >= 15 is 0 Å². The molecule has 0 aliphatic carbocycles. The summed E-state index contributed by atoms with van der Waals surface area (Å²) in [5, 5.41) is 0. The van der Waals surface area contributed by atoms with Gasteiger partial charge >= 0.3 is 5.97 Å². The Morgan fingerprint density at radius 3 is 2.16 bits per heavy atom. The lowest BCUT2D eigenvalue weighted by Gasteiger charge is -2.26. The number of imide groups is 1. The second kappa shape index (κ2) is 8.95. The third kappa shape index (κ3) is 4.40. The largest absolute Gasteiger partial charge is 0.456 e. The highest BCUT2D eigenvalue weighted by molar-refractivity contribution is 6.21. The maximum Gasteiger partial charge on any atom is 0.308 e. The van der Waals surface area contributed by atoms with Gasteiger partial charge < -0.3 is 9.64 Å². The van der Waals surface area contributed by atoms with E-state index in [9.17, 15) is 19.2 Å². The van der Waals surface area contributed by atoms with Gasteiger partial charge in [-0.05, 0) is 29.7 Å². The van der Waals surface area contributed by atoms with Crippen molar-refractivity contribution < 1.29 is 23.9 Å². The van der Waals surface area contributed by atoms with Crippen LogP contribution in [0, 0.1) is 0 Å². The van der Waals surface area contributed by atoms with Crippen LogP contribution >= 0.6 is 0 Å². The Kier molecular flexibility index (Phi) is 5.93. The summed E-state index contributed by atoms with van der Waals surface area (Å²) >= 11 is 0. The van der Waals surface area contributed by atoms with Crippen LogP contribution in [0.4, 0.5) is 0 Å². The summed E-state index contributed by atoms with van der Waals surface area (Å²) in [5.74, 6) is -1.72. The average molecular weight is 418 g/mol. The second-order valence-corrected chi connectivity index (χ2v) is 7.40. The molecule has 0 radical (unpaired) electrons. The van der Waals surface area contributed by atoms with Crippen LogP contribution < -0.4 is 0 Å². The van der Waals surface area contributed by atoms with Gasteiger partial charge in [-0.15, -0.1) is 0 Å². The molecule has 2 aromatic carbocycles. The van der Waals surface area contributed by atoms with Crippen molar-refractivity contribution in [3.05, 3.63) is 77.4 Å². The fourth-order valence-electron chi connectivity index (χ4n) is 3.76. The van der Waals surface area contributed by atoms with Crippen LogP contribution in [-0.4, -0.2) is 59.7 Å². The Morgan fingerprint density at radius 1 is 0.903 bits per heavy atom. The van der Waals surface area contributed by atoms with Gasteiger partial charge in [-0.3, -0.25) is 24.1 Å². The monoisotopic (exact) mass is 418 g/mol. The molecular weight excluding hydrogens is 396 g/mol. The van der Waals surface area contributed by atoms with E-state index in [1.54, 1.807) is 29.2 Å². The zero-order chi connectivity index (χ0) is 21.8. The highest BCUT2D eigenvalue weighted by Crippen LogP contribution is 2.23. The zero-order valence-corrected chi connectivity index (χ0v) is 17.0. The molecule has 158 valence electrons. The zero-order valence-electron chi connectivity index (χ0n) is 17.0. The van der Waals surface area contributed by atoms with Gasteiger partial charge in [0.1, 0.15) is 0 Å². The Labute approximate surface area is 179 Å². The minimum absolute atomic E-state index is 0.0771. The van der Waals surface area contributed by atoms with Crippen LogP contribution in [0.15, 0.2) is 60.7 Å². The van der Waals surface area contributed by atoms with E-state index in [-0.39, 0.29) is 25.5 Å². The van der Waals surface area contributed by atoms with Crippen LogP contribution in [0.2, 0.25) is 0 Å². The molecule has 2 aromatic rings. The summed E-state index contributed by atoms with van der Waals surface area (Å²) in [6.07, 6.45) is 2.60. The number of benzene rings is 2. The predicted molar refractivity (Wildman–Crippen MR) is 113 cm³/mol. The SMILES string of the molecule is O=C(CCN1C(=O)c2ccccc2C1=O)OCC(=O)N1CC=C(c2ccccc2)CC1. The van der Waals surface area contributed by atoms with Crippen LogP contribution in [0.25, 0.3) is 5.57 Å². The van der Waals surface area contributed by atoms with E-state index in [0.29, 0.717) is 24.2 Å². The van der Waals surface area contributed by atoms with Gasteiger partial charge in [0.2, 0.25) is 0 Å². The molecule has 0 spiro atoms. The van der Waals surface area contributed by atoms with Gasteiger partial charge in [0.15, 0.2) is 6.61 Å². The first-order valence-electron chi connectivity index (χ1n) is 10.2. The number of carbonyl (C=O) groups is 4. The van der Waals surface area contributed by atoms with E-state index < -0.39 is 17.8 Å². The molecule has 0 aromatic heterocycles. The van der Waals surface area contributed by atoms with Gasteiger partial charge in [-0.1, -0.05) is 48.5 Å². The van der Waals surface area contributed by atoms with Gasteiger partial charge in [0.25, 0.3) is 17.7 Å². The molecule has 31 heavy (non-hydrogen) atoms. The number of carbonyl (C=O) groups excluding carboxylic acids is 4. The third-order valence-corrected chi connectivity index (χ3v) is 5.48. The fraction of sp³-hybridized carbons (Fsp3) is 0.250. The summed E-state index contributed by atoms with van der Waals surface area (Å²) in [5.41, 5.74) is 3.02. The normalized spacial score (nSPS) is 15.5. The molecule has 0 fully saturated rings. The topological polar surface area (TPSA) is 84.0 Å². The molecule has 7 heteroatoms. The summed E-state index contributed by atoms with van der Waals surface area (Å²) in [6, 6.07) is 16.6. The fourth-order valence-corrected chi connectivity index (χ4v) is 3.76. The van der Waals surface area contributed by atoms with Crippen molar-refractivity contribution in [1.29, 1.82) is 0 Å². The Morgan fingerprint density at radius 2 is 1.55 bits per heavy atom. The van der Waals surface area contributed by atoms with E-state index in [0.717, 1.165) is 16.9 Å². The van der Waals surface area contributed by atoms with Crippen molar-refractivity contribution in [3.63, 3.8) is 0 Å². The van der Waals surface area contributed by atoms with Gasteiger partial charge in [0, 0.05) is 19.6 Å². The number of hydrogen-bond acceptors (Lipinski definition) is 5. The molecule has 0 saturated carbocycles. The molecule has 4 rings (SSSR count). The first kappa shape index (κ1) is 20.5. The van der Waals surface area contributed by atoms with Gasteiger partial charge in [0.05, 0.1) is 17.5 Å². The molecule has 2 heterocycles. The molecule has 0 atom stereocenters. The number of nitrogens with zero attached hydrogens (tertiary/aromatic N) is 2. The quantitative estimate of drug-likeness (QED) is 0.532. The number of hydrogen-bond donors (Lipinski definition) is 0. The minimum atomic E-state index is -0.623. The lowest BCUT2D eigenvalue weighted by Crippen LogP contribution is -2.38. The minimum Gasteiger partial charge on any atom is -0.456 e. The van der Waals surface area contributed by atoms with Crippen LogP contribution in [0.3, 0.4) is 0 Å². The van der Waals surface area contributed by atoms with Crippen molar-refractivity contribution in [2.45, 2.75) is 12.8 Å². The maximum atomic E-state index is 12.4. The first-order chi connectivity index (χ1) is 15.0. The Balaban J connectivity index is 1.23. The Hall–Kier alpha value is -3.74. The first-order valence-corrected chi connectivity index (χ1v) is 10.2. The summed E-state index contributed by atoms with van der Waals surface area (Å²) in [4.78, 5) is 51.7. The number of esters is 1. The van der Waals surface area contributed by atoms with Gasteiger partial charge in [-0.2, -0.15) is 0 Å². The number of fused-ring (bicyclic) bond motifs is 1. The molecule has 2 aliphatic rings. The lowest BCUT2D eigenvalue weighted by molar-refractivity contribution is -0.152. The number of rotatable bonds is 6. The average Bonchev–Trinajstić information content (AvgIpc) is 3.06. The van der Waals surface area contributed by atoms with E-state index in [4.69, 9.17) is 4.74 Å². The Bertz CT molecular complexity index is 1030. The molecule has 3 amide bonds. The van der Waals surface area contributed by atoms with Crippen molar-refractivity contribution in [3.8, 4) is 0 Å². The summed E-state index contributed by atoms with van der Waals surface area (Å²) < 4.78 is 5.08. The molecule has 7 nitrogen and oxygen atoms in total. The highest BCUT2D eigenvalue weighted by atomic mass is 16.5. The maximum absolute atomic E-state index is 12.4. The lowest BCUT2D eigenvalue weighted by atomic mass is 10.00. The molecule has 0 N–H and O–H groups in total.